The number of hydrogen-bond donors (Lipinski definition) is 2. The molecule has 4 nitrogen and oxygen atoms in total. The molecule has 0 spiro atoms. The fourth-order valence-corrected chi connectivity index (χ4v) is 2.60. The third-order valence-electron chi connectivity index (χ3n) is 3.86. The number of halogens is 2. The molecule has 0 heterocycles. The second kappa shape index (κ2) is 7.65. The Morgan fingerprint density at radius 1 is 1.33 bits per heavy atom. The summed E-state index contributed by atoms with van der Waals surface area (Å²) in [6, 6.07) is 5.03. The van der Waals surface area contributed by atoms with Gasteiger partial charge in [-0.05, 0) is 31.4 Å². The first kappa shape index (κ1) is 16.8. The molecule has 2 rings (SSSR count). The topological polar surface area (TPSA) is 50.7 Å². The number of nitrogens with one attached hydrogen (secondary N) is 1. The molecule has 1 aliphatic carbocycles. The van der Waals surface area contributed by atoms with Gasteiger partial charge in [-0.3, -0.25) is 0 Å². The molecule has 0 amide bonds. The summed E-state index contributed by atoms with van der Waals surface area (Å²) in [5.74, 6) is 0.593. The highest BCUT2D eigenvalue weighted by atomic mass is 35.5. The summed E-state index contributed by atoms with van der Waals surface area (Å²) in [4.78, 5) is 0. The van der Waals surface area contributed by atoms with Crippen molar-refractivity contribution in [3.63, 3.8) is 0 Å². The number of rotatable bonds is 8. The Balaban J connectivity index is 1.67. The lowest BCUT2D eigenvalue weighted by Crippen LogP contribution is -2.49. The van der Waals surface area contributed by atoms with Crippen LogP contribution in [-0.4, -0.2) is 43.6 Å². The summed E-state index contributed by atoms with van der Waals surface area (Å²) in [5.41, 5.74) is -0.0374. The largest absolute Gasteiger partial charge is 0.491 e. The number of ether oxygens (including phenoxy) is 2. The molecule has 1 aliphatic rings. The van der Waals surface area contributed by atoms with Crippen molar-refractivity contribution in [2.75, 3.05) is 26.8 Å². The third kappa shape index (κ3) is 4.73. The van der Waals surface area contributed by atoms with Gasteiger partial charge in [0.2, 0.25) is 0 Å². The summed E-state index contributed by atoms with van der Waals surface area (Å²) >= 11 is 11.7. The minimum atomic E-state index is -0.589. The minimum absolute atomic E-state index is 0.0374. The Labute approximate surface area is 135 Å². The average molecular weight is 334 g/mol. The highest BCUT2D eigenvalue weighted by molar-refractivity contribution is 6.42. The van der Waals surface area contributed by atoms with E-state index in [0.29, 0.717) is 22.3 Å². The van der Waals surface area contributed by atoms with Gasteiger partial charge in [0.15, 0.2) is 0 Å². The Bertz CT molecular complexity index is 461. The quantitative estimate of drug-likeness (QED) is 0.768. The van der Waals surface area contributed by atoms with E-state index in [1.807, 2.05) is 0 Å². The van der Waals surface area contributed by atoms with Crippen molar-refractivity contribution in [3.8, 4) is 5.75 Å². The number of methoxy groups -OCH3 is 1. The minimum Gasteiger partial charge on any atom is -0.491 e. The molecule has 118 valence electrons. The molecule has 1 atom stereocenters. The van der Waals surface area contributed by atoms with Crippen LogP contribution in [0.15, 0.2) is 18.2 Å². The molecule has 1 saturated carbocycles. The summed E-state index contributed by atoms with van der Waals surface area (Å²) in [5, 5.41) is 14.1. The lowest BCUT2D eigenvalue weighted by molar-refractivity contribution is -0.0706. The first-order chi connectivity index (χ1) is 10.0. The van der Waals surface area contributed by atoms with E-state index < -0.39 is 6.10 Å². The molecule has 6 heteroatoms. The van der Waals surface area contributed by atoms with E-state index in [-0.39, 0.29) is 12.2 Å². The van der Waals surface area contributed by atoms with Crippen LogP contribution in [0.4, 0.5) is 0 Å². The zero-order valence-corrected chi connectivity index (χ0v) is 13.6. The van der Waals surface area contributed by atoms with E-state index in [9.17, 15) is 5.11 Å². The zero-order valence-electron chi connectivity index (χ0n) is 12.1. The van der Waals surface area contributed by atoms with Crippen molar-refractivity contribution in [2.24, 2.45) is 0 Å². The van der Waals surface area contributed by atoms with Gasteiger partial charge in [-0.15, -0.1) is 0 Å². The maximum absolute atomic E-state index is 9.91. The first-order valence-electron chi connectivity index (χ1n) is 7.06. The van der Waals surface area contributed by atoms with Crippen LogP contribution in [0.25, 0.3) is 0 Å². The molecule has 1 unspecified atom stereocenters. The fraction of sp³-hybridized carbons (Fsp3) is 0.600. The van der Waals surface area contributed by atoms with Crippen LogP contribution in [0.1, 0.15) is 19.3 Å². The van der Waals surface area contributed by atoms with Crippen molar-refractivity contribution in [1.82, 2.24) is 5.32 Å². The van der Waals surface area contributed by atoms with Crippen LogP contribution in [0, 0.1) is 0 Å². The molecule has 0 radical (unpaired) electrons. The molecule has 2 N–H and O–H groups in total. The zero-order chi connectivity index (χ0) is 15.3. The molecule has 1 aromatic rings. The Morgan fingerprint density at radius 3 is 2.67 bits per heavy atom. The SMILES string of the molecule is COC1(CNCC(O)COc2ccc(Cl)c(Cl)c2)CCC1. The standard InChI is InChI=1S/C15H21Cl2NO3/c1-20-15(5-2-6-15)10-18-8-11(19)9-21-12-3-4-13(16)14(17)7-12/h3-4,7,11,18-19H,2,5-6,8-10H2,1H3. The van der Waals surface area contributed by atoms with Gasteiger partial charge in [-0.1, -0.05) is 23.2 Å². The first-order valence-corrected chi connectivity index (χ1v) is 7.82. The van der Waals surface area contributed by atoms with Crippen molar-refractivity contribution >= 4 is 23.2 Å². The molecule has 1 aromatic carbocycles. The number of aliphatic hydroxyl groups excluding tert-OH is 1. The van der Waals surface area contributed by atoms with E-state index in [0.717, 1.165) is 19.4 Å². The van der Waals surface area contributed by atoms with Crippen molar-refractivity contribution < 1.29 is 14.6 Å². The van der Waals surface area contributed by atoms with Crippen molar-refractivity contribution in [2.45, 2.75) is 31.0 Å². The van der Waals surface area contributed by atoms with Gasteiger partial charge in [-0.25, -0.2) is 0 Å². The molecule has 1 fully saturated rings. The second-order valence-corrected chi connectivity index (χ2v) is 6.23. The van der Waals surface area contributed by atoms with Crippen molar-refractivity contribution in [3.05, 3.63) is 28.2 Å². The molecule has 21 heavy (non-hydrogen) atoms. The van der Waals surface area contributed by atoms with Gasteiger partial charge in [0.25, 0.3) is 0 Å². The van der Waals surface area contributed by atoms with Crippen molar-refractivity contribution in [1.29, 1.82) is 0 Å². The van der Waals surface area contributed by atoms with Crippen LogP contribution in [0.3, 0.4) is 0 Å². The van der Waals surface area contributed by atoms with Crippen LogP contribution in [0.2, 0.25) is 10.0 Å². The highest BCUT2D eigenvalue weighted by Crippen LogP contribution is 2.34. The van der Waals surface area contributed by atoms with Gasteiger partial charge >= 0.3 is 0 Å². The fourth-order valence-electron chi connectivity index (χ4n) is 2.31. The predicted molar refractivity (Wildman–Crippen MR) is 84.4 cm³/mol. The molecular weight excluding hydrogens is 313 g/mol. The summed E-state index contributed by atoms with van der Waals surface area (Å²) in [7, 11) is 1.74. The third-order valence-corrected chi connectivity index (χ3v) is 4.60. The van der Waals surface area contributed by atoms with E-state index >= 15 is 0 Å². The molecule has 0 aromatic heterocycles. The van der Waals surface area contributed by atoms with E-state index in [4.69, 9.17) is 32.7 Å². The van der Waals surface area contributed by atoms with Crippen LogP contribution in [0.5, 0.6) is 5.75 Å². The van der Waals surface area contributed by atoms with Gasteiger partial charge in [-0.2, -0.15) is 0 Å². The molecular formula is C15H21Cl2NO3. The Morgan fingerprint density at radius 2 is 2.10 bits per heavy atom. The normalized spacial score (nSPS) is 18.1. The van der Waals surface area contributed by atoms with E-state index in [1.54, 1.807) is 25.3 Å². The molecule has 0 bridgehead atoms. The highest BCUT2D eigenvalue weighted by Gasteiger charge is 2.36. The van der Waals surface area contributed by atoms with E-state index in [1.165, 1.54) is 6.42 Å². The maximum Gasteiger partial charge on any atom is 0.121 e. The lowest BCUT2D eigenvalue weighted by atomic mass is 9.80. The average Bonchev–Trinajstić information content (AvgIpc) is 2.43. The number of hydrogen-bond acceptors (Lipinski definition) is 4. The Kier molecular flexibility index (Phi) is 6.14. The summed E-state index contributed by atoms with van der Waals surface area (Å²) < 4.78 is 11.0. The van der Waals surface area contributed by atoms with Gasteiger partial charge in [0.1, 0.15) is 18.5 Å². The maximum atomic E-state index is 9.91. The van der Waals surface area contributed by atoms with E-state index in [2.05, 4.69) is 5.32 Å². The summed E-state index contributed by atoms with van der Waals surface area (Å²) in [6.07, 6.45) is 2.77. The molecule has 0 aliphatic heterocycles. The molecule has 0 saturated heterocycles. The monoisotopic (exact) mass is 333 g/mol. The second-order valence-electron chi connectivity index (χ2n) is 5.41. The lowest BCUT2D eigenvalue weighted by Gasteiger charge is -2.40. The predicted octanol–water partition coefficient (Wildman–Crippen LogP) is 2.89. The van der Waals surface area contributed by atoms with Gasteiger partial charge in [0.05, 0.1) is 15.6 Å². The number of benzene rings is 1. The van der Waals surface area contributed by atoms with Crippen LogP contribution in [-0.2, 0) is 4.74 Å². The van der Waals surface area contributed by atoms with Crippen LogP contribution >= 0.6 is 23.2 Å². The summed E-state index contributed by atoms with van der Waals surface area (Å²) in [6.45, 7) is 1.42. The Hall–Kier alpha value is -0.520. The number of aliphatic hydroxyl groups is 1. The van der Waals surface area contributed by atoms with Gasteiger partial charge < -0.3 is 19.9 Å². The smallest absolute Gasteiger partial charge is 0.121 e. The van der Waals surface area contributed by atoms with Gasteiger partial charge in [0, 0.05) is 26.3 Å². The van der Waals surface area contributed by atoms with Crippen LogP contribution < -0.4 is 10.1 Å².